The number of pyridine rings is 1. The Bertz CT molecular complexity index is 1110. The maximum absolute atomic E-state index is 12.7. The molecule has 0 aliphatic carbocycles. The quantitative estimate of drug-likeness (QED) is 0.520. The van der Waals surface area contributed by atoms with E-state index >= 15 is 0 Å². The van der Waals surface area contributed by atoms with E-state index in [1.54, 1.807) is 0 Å². The second kappa shape index (κ2) is 9.18. The molecule has 0 N–H and O–H groups in total. The zero-order chi connectivity index (χ0) is 22.8. The van der Waals surface area contributed by atoms with E-state index in [2.05, 4.69) is 35.8 Å². The predicted octanol–water partition coefficient (Wildman–Crippen LogP) is 4.78. The smallest absolute Gasteiger partial charge is 0.357 e. The molecular weight excluding hydrogens is 402 g/mol. The van der Waals surface area contributed by atoms with Crippen molar-refractivity contribution in [2.45, 2.75) is 46.0 Å². The van der Waals surface area contributed by atoms with Crippen molar-refractivity contribution in [3.8, 4) is 5.69 Å². The molecule has 0 amide bonds. The molecule has 0 bridgehead atoms. The maximum Gasteiger partial charge on any atom is 0.357 e. The number of rotatable bonds is 6. The largest absolute Gasteiger partial charge is 0.461 e. The average molecular weight is 436 g/mol. The van der Waals surface area contributed by atoms with Crippen LogP contribution in [0.5, 0.6) is 0 Å². The molecule has 0 spiro atoms. The van der Waals surface area contributed by atoms with Crippen LogP contribution in [0.3, 0.4) is 0 Å². The second-order valence-corrected chi connectivity index (χ2v) is 8.86. The van der Waals surface area contributed by atoms with E-state index in [0.717, 1.165) is 54.1 Å². The first-order chi connectivity index (χ1) is 15.4. The Balaban J connectivity index is 2.00. The summed E-state index contributed by atoms with van der Waals surface area (Å²) in [6, 6.07) is 10.1. The van der Waals surface area contributed by atoms with Crippen LogP contribution < -0.4 is 9.80 Å². The molecular formula is C25H33N5O2. The van der Waals surface area contributed by atoms with Crippen LogP contribution in [0.4, 0.5) is 11.4 Å². The number of ether oxygens (including phenoxy) is 1. The zero-order valence-corrected chi connectivity index (χ0v) is 19.8. The van der Waals surface area contributed by atoms with Crippen LogP contribution in [-0.2, 0) is 4.74 Å². The highest BCUT2D eigenvalue weighted by Crippen LogP contribution is 2.36. The SMILES string of the molecule is CCOC(=O)c1cc(N2CCCCC2)c2c(C(C)C)nn(-c3cccc(N(C)C)c3)c2n1. The molecule has 1 fully saturated rings. The van der Waals surface area contributed by atoms with Crippen molar-refractivity contribution >= 4 is 28.4 Å². The van der Waals surface area contributed by atoms with Gasteiger partial charge in [-0.15, -0.1) is 0 Å². The lowest BCUT2D eigenvalue weighted by Crippen LogP contribution is -2.30. The van der Waals surface area contributed by atoms with Crippen molar-refractivity contribution in [2.75, 3.05) is 43.6 Å². The van der Waals surface area contributed by atoms with Gasteiger partial charge < -0.3 is 14.5 Å². The van der Waals surface area contributed by atoms with Gasteiger partial charge in [0.05, 0.1) is 29.1 Å². The van der Waals surface area contributed by atoms with Gasteiger partial charge in [0.25, 0.3) is 0 Å². The van der Waals surface area contributed by atoms with Gasteiger partial charge in [0.1, 0.15) is 0 Å². The predicted molar refractivity (Wildman–Crippen MR) is 129 cm³/mol. The third kappa shape index (κ3) is 4.16. The third-order valence-corrected chi connectivity index (χ3v) is 5.96. The molecule has 170 valence electrons. The Morgan fingerprint density at radius 1 is 1.16 bits per heavy atom. The van der Waals surface area contributed by atoms with Crippen LogP contribution >= 0.6 is 0 Å². The van der Waals surface area contributed by atoms with Gasteiger partial charge in [-0.3, -0.25) is 0 Å². The van der Waals surface area contributed by atoms with E-state index in [9.17, 15) is 4.79 Å². The molecule has 3 aromatic rings. The van der Waals surface area contributed by atoms with Gasteiger partial charge in [0.2, 0.25) is 0 Å². The molecule has 0 unspecified atom stereocenters. The number of hydrogen-bond acceptors (Lipinski definition) is 6. The lowest BCUT2D eigenvalue weighted by Gasteiger charge is -2.30. The van der Waals surface area contributed by atoms with Gasteiger partial charge in [0, 0.05) is 32.9 Å². The van der Waals surface area contributed by atoms with Crippen LogP contribution in [0.15, 0.2) is 30.3 Å². The van der Waals surface area contributed by atoms with Gasteiger partial charge in [-0.2, -0.15) is 5.10 Å². The Kier molecular flexibility index (Phi) is 6.35. The minimum absolute atomic E-state index is 0.217. The summed E-state index contributed by atoms with van der Waals surface area (Å²) >= 11 is 0. The highest BCUT2D eigenvalue weighted by atomic mass is 16.5. The third-order valence-electron chi connectivity index (χ3n) is 5.96. The molecule has 7 heteroatoms. The van der Waals surface area contributed by atoms with Crippen LogP contribution in [-0.4, -0.2) is 54.5 Å². The first-order valence-corrected chi connectivity index (χ1v) is 11.5. The average Bonchev–Trinajstić information content (AvgIpc) is 3.19. The number of fused-ring (bicyclic) bond motifs is 1. The molecule has 0 atom stereocenters. The summed E-state index contributed by atoms with van der Waals surface area (Å²) in [4.78, 5) is 21.9. The highest BCUT2D eigenvalue weighted by Gasteiger charge is 2.26. The summed E-state index contributed by atoms with van der Waals surface area (Å²) in [5.41, 5.74) is 5.08. The van der Waals surface area contributed by atoms with Crippen molar-refractivity contribution in [1.82, 2.24) is 14.8 Å². The van der Waals surface area contributed by atoms with Crippen molar-refractivity contribution in [1.29, 1.82) is 0 Å². The van der Waals surface area contributed by atoms with E-state index in [-0.39, 0.29) is 5.92 Å². The van der Waals surface area contributed by atoms with Crippen molar-refractivity contribution in [3.05, 3.63) is 41.7 Å². The van der Waals surface area contributed by atoms with Gasteiger partial charge in [-0.25, -0.2) is 14.5 Å². The van der Waals surface area contributed by atoms with Gasteiger partial charge >= 0.3 is 5.97 Å². The minimum atomic E-state index is -0.395. The molecule has 1 aromatic carbocycles. The number of piperidine rings is 1. The first kappa shape index (κ1) is 22.1. The molecule has 1 saturated heterocycles. The fraction of sp³-hybridized carbons (Fsp3) is 0.480. The molecule has 7 nitrogen and oxygen atoms in total. The molecule has 0 saturated carbocycles. The normalized spacial score (nSPS) is 14.2. The lowest BCUT2D eigenvalue weighted by molar-refractivity contribution is 0.0520. The summed E-state index contributed by atoms with van der Waals surface area (Å²) in [5, 5.41) is 6.05. The minimum Gasteiger partial charge on any atom is -0.461 e. The summed E-state index contributed by atoms with van der Waals surface area (Å²) in [5.74, 6) is -0.178. The number of carbonyl (C=O) groups excluding carboxylic acids is 1. The number of benzene rings is 1. The molecule has 32 heavy (non-hydrogen) atoms. The molecule has 2 aromatic heterocycles. The van der Waals surface area contributed by atoms with E-state index < -0.39 is 5.97 Å². The maximum atomic E-state index is 12.7. The Morgan fingerprint density at radius 3 is 2.56 bits per heavy atom. The number of nitrogens with zero attached hydrogens (tertiary/aromatic N) is 5. The van der Waals surface area contributed by atoms with Crippen LogP contribution in [0, 0.1) is 0 Å². The Hall–Kier alpha value is -3.09. The van der Waals surface area contributed by atoms with Crippen LogP contribution in [0.1, 0.15) is 62.1 Å². The summed E-state index contributed by atoms with van der Waals surface area (Å²) in [7, 11) is 4.04. The number of anilines is 2. The van der Waals surface area contributed by atoms with Crippen molar-refractivity contribution < 1.29 is 9.53 Å². The van der Waals surface area contributed by atoms with Gasteiger partial charge in [-0.05, 0) is 56.4 Å². The molecule has 1 aliphatic rings. The number of esters is 1. The fourth-order valence-electron chi connectivity index (χ4n) is 4.30. The number of carbonyl (C=O) groups is 1. The summed E-state index contributed by atoms with van der Waals surface area (Å²) in [6.07, 6.45) is 3.53. The molecule has 4 rings (SSSR count). The molecule has 0 radical (unpaired) electrons. The van der Waals surface area contributed by atoms with Gasteiger partial charge in [-0.1, -0.05) is 19.9 Å². The topological polar surface area (TPSA) is 63.5 Å². The van der Waals surface area contributed by atoms with Crippen LogP contribution in [0.2, 0.25) is 0 Å². The number of aromatic nitrogens is 3. The van der Waals surface area contributed by atoms with E-state index in [4.69, 9.17) is 14.8 Å². The highest BCUT2D eigenvalue weighted by molar-refractivity contribution is 5.99. The monoisotopic (exact) mass is 435 g/mol. The Morgan fingerprint density at radius 2 is 1.91 bits per heavy atom. The van der Waals surface area contributed by atoms with Crippen molar-refractivity contribution in [2.24, 2.45) is 0 Å². The summed E-state index contributed by atoms with van der Waals surface area (Å²) in [6.45, 7) is 8.39. The fourth-order valence-corrected chi connectivity index (χ4v) is 4.30. The molecule has 1 aliphatic heterocycles. The van der Waals surface area contributed by atoms with E-state index in [0.29, 0.717) is 17.9 Å². The van der Waals surface area contributed by atoms with Crippen molar-refractivity contribution in [3.63, 3.8) is 0 Å². The summed E-state index contributed by atoms with van der Waals surface area (Å²) < 4.78 is 7.20. The first-order valence-electron chi connectivity index (χ1n) is 11.5. The van der Waals surface area contributed by atoms with E-state index in [1.165, 1.54) is 6.42 Å². The standard InChI is InChI=1S/C25H33N5O2/c1-6-32-25(31)20-16-21(29-13-8-7-9-14-29)22-23(17(2)3)27-30(24(22)26-20)19-12-10-11-18(15-19)28(4)5/h10-12,15-17H,6-9,13-14H2,1-5H3. The lowest BCUT2D eigenvalue weighted by atomic mass is 10.0. The van der Waals surface area contributed by atoms with E-state index in [1.807, 2.05) is 43.9 Å². The number of hydrogen-bond donors (Lipinski definition) is 0. The second-order valence-electron chi connectivity index (χ2n) is 8.86. The zero-order valence-electron chi connectivity index (χ0n) is 19.8. The molecule has 3 heterocycles. The van der Waals surface area contributed by atoms with Crippen LogP contribution in [0.25, 0.3) is 16.7 Å². The Labute approximate surface area is 190 Å². The van der Waals surface area contributed by atoms with Gasteiger partial charge in [0.15, 0.2) is 11.3 Å².